The fraction of sp³-hybridized carbons (Fsp3) is 0.138. The molecule has 0 aliphatic carbocycles. The van der Waals surface area contributed by atoms with Crippen LogP contribution in [0, 0.1) is 11.3 Å². The summed E-state index contributed by atoms with van der Waals surface area (Å²) in [7, 11) is 4.59. The number of ether oxygens (including phenoxy) is 4. The molecule has 0 saturated carbocycles. The zero-order valence-electron chi connectivity index (χ0n) is 20.6. The highest BCUT2D eigenvalue weighted by molar-refractivity contribution is 5.91. The average molecular weight is 496 g/mol. The molecule has 0 bridgehead atoms. The van der Waals surface area contributed by atoms with E-state index < -0.39 is 0 Å². The second-order valence-corrected chi connectivity index (χ2v) is 7.85. The second kappa shape index (κ2) is 11.6. The standard InChI is InChI=1S/C29H25N3O5/c1-34-22-12-9-19(10-13-22)25-16-23(24(17-30)29(32-25)36-3)20-11-14-26(27(15-20)35-2)37-18-28(33)31-21-7-5-4-6-8-21/h4-16H,18H2,1-3H3,(H,31,33). The summed E-state index contributed by atoms with van der Waals surface area (Å²) in [5.74, 6) is 1.44. The van der Waals surface area contributed by atoms with E-state index in [1.54, 1.807) is 37.4 Å². The third kappa shape index (κ3) is 5.80. The molecule has 0 radical (unpaired) electrons. The lowest BCUT2D eigenvalue weighted by atomic mass is 9.98. The fourth-order valence-corrected chi connectivity index (χ4v) is 3.73. The third-order valence-electron chi connectivity index (χ3n) is 5.57. The number of carbonyl (C=O) groups excluding carboxylic acids is 1. The number of amides is 1. The molecule has 0 unspecified atom stereocenters. The molecule has 1 heterocycles. The number of carbonyl (C=O) groups is 1. The van der Waals surface area contributed by atoms with Crippen LogP contribution in [-0.4, -0.2) is 38.8 Å². The Hall–Kier alpha value is -5.03. The highest BCUT2D eigenvalue weighted by Crippen LogP contribution is 2.38. The summed E-state index contributed by atoms with van der Waals surface area (Å²) in [6.45, 7) is -0.196. The van der Waals surface area contributed by atoms with Crippen molar-refractivity contribution in [3.63, 3.8) is 0 Å². The van der Waals surface area contributed by atoms with E-state index in [0.717, 1.165) is 11.3 Å². The Labute approximate surface area is 215 Å². The van der Waals surface area contributed by atoms with Gasteiger partial charge in [-0.05, 0) is 60.2 Å². The topological polar surface area (TPSA) is 103 Å². The molecule has 0 aliphatic heterocycles. The van der Waals surface area contributed by atoms with Crippen molar-refractivity contribution in [3.8, 4) is 51.6 Å². The van der Waals surface area contributed by atoms with Gasteiger partial charge in [-0.3, -0.25) is 4.79 Å². The number of nitriles is 1. The number of anilines is 1. The molecular formula is C29H25N3O5. The van der Waals surface area contributed by atoms with Crippen LogP contribution in [-0.2, 0) is 4.79 Å². The normalized spacial score (nSPS) is 10.2. The summed E-state index contributed by atoms with van der Waals surface area (Å²) in [6, 6.07) is 25.8. The van der Waals surface area contributed by atoms with Gasteiger partial charge in [0.1, 0.15) is 17.4 Å². The molecule has 1 N–H and O–H groups in total. The Morgan fingerprint density at radius 3 is 2.24 bits per heavy atom. The number of hydrogen-bond donors (Lipinski definition) is 1. The molecule has 1 amide bonds. The van der Waals surface area contributed by atoms with Gasteiger partial charge in [0.05, 0.1) is 27.0 Å². The second-order valence-electron chi connectivity index (χ2n) is 7.85. The molecule has 4 rings (SSSR count). The molecule has 0 aliphatic rings. The van der Waals surface area contributed by atoms with Crippen LogP contribution in [0.25, 0.3) is 22.4 Å². The molecule has 37 heavy (non-hydrogen) atoms. The first-order valence-corrected chi connectivity index (χ1v) is 11.4. The number of pyridine rings is 1. The molecule has 0 fully saturated rings. The molecule has 186 valence electrons. The monoisotopic (exact) mass is 495 g/mol. The van der Waals surface area contributed by atoms with E-state index in [4.69, 9.17) is 18.9 Å². The van der Waals surface area contributed by atoms with Gasteiger partial charge < -0.3 is 24.3 Å². The summed E-state index contributed by atoms with van der Waals surface area (Å²) >= 11 is 0. The SMILES string of the molecule is COc1ccc(-c2cc(-c3ccc(OCC(=O)Nc4ccccc4)c(OC)c3)c(C#N)c(OC)n2)cc1. The lowest BCUT2D eigenvalue weighted by Crippen LogP contribution is -2.20. The Bertz CT molecular complexity index is 1430. The van der Waals surface area contributed by atoms with Crippen LogP contribution in [0.2, 0.25) is 0 Å². The summed E-state index contributed by atoms with van der Waals surface area (Å²) in [5.41, 5.74) is 3.75. The van der Waals surface area contributed by atoms with Gasteiger partial charge in [-0.15, -0.1) is 0 Å². The number of nitrogens with one attached hydrogen (secondary N) is 1. The zero-order valence-corrected chi connectivity index (χ0v) is 20.6. The number of benzene rings is 3. The van der Waals surface area contributed by atoms with Gasteiger partial charge in [0.2, 0.25) is 5.88 Å². The molecule has 0 spiro atoms. The van der Waals surface area contributed by atoms with E-state index >= 15 is 0 Å². The van der Waals surface area contributed by atoms with Crippen molar-refractivity contribution in [1.29, 1.82) is 5.26 Å². The van der Waals surface area contributed by atoms with Crippen LogP contribution in [0.4, 0.5) is 5.69 Å². The number of para-hydroxylation sites is 1. The quantitative estimate of drug-likeness (QED) is 0.335. The van der Waals surface area contributed by atoms with Crippen molar-refractivity contribution in [3.05, 3.63) is 84.4 Å². The van der Waals surface area contributed by atoms with Gasteiger partial charge in [-0.25, -0.2) is 4.98 Å². The van der Waals surface area contributed by atoms with Gasteiger partial charge in [0.15, 0.2) is 18.1 Å². The van der Waals surface area contributed by atoms with Crippen molar-refractivity contribution in [2.75, 3.05) is 33.3 Å². The lowest BCUT2D eigenvalue weighted by Gasteiger charge is -2.15. The van der Waals surface area contributed by atoms with Gasteiger partial charge in [-0.1, -0.05) is 24.3 Å². The number of methoxy groups -OCH3 is 3. The smallest absolute Gasteiger partial charge is 0.262 e. The van der Waals surface area contributed by atoms with Gasteiger partial charge >= 0.3 is 0 Å². The maximum atomic E-state index is 12.3. The molecule has 1 aromatic heterocycles. The molecule has 4 aromatic rings. The highest BCUT2D eigenvalue weighted by atomic mass is 16.5. The van der Waals surface area contributed by atoms with Gasteiger partial charge in [-0.2, -0.15) is 5.26 Å². The maximum absolute atomic E-state index is 12.3. The van der Waals surface area contributed by atoms with Crippen molar-refractivity contribution < 1.29 is 23.7 Å². The van der Waals surface area contributed by atoms with E-state index in [9.17, 15) is 10.1 Å². The third-order valence-corrected chi connectivity index (χ3v) is 5.57. The maximum Gasteiger partial charge on any atom is 0.262 e. The molecule has 8 nitrogen and oxygen atoms in total. The van der Waals surface area contributed by atoms with Crippen LogP contribution < -0.4 is 24.3 Å². The summed E-state index contributed by atoms with van der Waals surface area (Å²) in [5, 5.41) is 12.7. The minimum absolute atomic E-state index is 0.196. The first-order valence-electron chi connectivity index (χ1n) is 11.4. The van der Waals surface area contributed by atoms with Crippen LogP contribution in [0.15, 0.2) is 78.9 Å². The number of rotatable bonds is 9. The van der Waals surface area contributed by atoms with Crippen LogP contribution in [0.3, 0.4) is 0 Å². The lowest BCUT2D eigenvalue weighted by molar-refractivity contribution is -0.118. The largest absolute Gasteiger partial charge is 0.497 e. The number of aromatic nitrogens is 1. The average Bonchev–Trinajstić information content (AvgIpc) is 2.95. The first kappa shape index (κ1) is 25.1. The van der Waals surface area contributed by atoms with Crippen molar-refractivity contribution in [2.24, 2.45) is 0 Å². The minimum Gasteiger partial charge on any atom is -0.497 e. The van der Waals surface area contributed by atoms with E-state index in [1.807, 2.05) is 48.5 Å². The highest BCUT2D eigenvalue weighted by Gasteiger charge is 2.18. The van der Waals surface area contributed by atoms with Crippen LogP contribution in [0.1, 0.15) is 5.56 Å². The van der Waals surface area contributed by atoms with Crippen molar-refractivity contribution in [1.82, 2.24) is 4.98 Å². The van der Waals surface area contributed by atoms with Crippen molar-refractivity contribution >= 4 is 11.6 Å². The summed E-state index contributed by atoms with van der Waals surface area (Å²) in [6.07, 6.45) is 0. The number of hydrogen-bond acceptors (Lipinski definition) is 7. The number of nitrogens with zero attached hydrogens (tertiary/aromatic N) is 2. The van der Waals surface area contributed by atoms with Gasteiger partial charge in [0, 0.05) is 16.8 Å². The molecule has 0 atom stereocenters. The predicted octanol–water partition coefficient (Wildman–Crippen LogP) is 5.33. The van der Waals surface area contributed by atoms with E-state index in [-0.39, 0.29) is 24.0 Å². The molecule has 3 aromatic carbocycles. The van der Waals surface area contributed by atoms with E-state index in [2.05, 4.69) is 16.4 Å². The van der Waals surface area contributed by atoms with Gasteiger partial charge in [0.25, 0.3) is 5.91 Å². The Morgan fingerprint density at radius 2 is 1.59 bits per heavy atom. The van der Waals surface area contributed by atoms with Crippen LogP contribution >= 0.6 is 0 Å². The van der Waals surface area contributed by atoms with E-state index in [0.29, 0.717) is 34.0 Å². The molecule has 0 saturated heterocycles. The van der Waals surface area contributed by atoms with Crippen LogP contribution in [0.5, 0.6) is 23.1 Å². The summed E-state index contributed by atoms with van der Waals surface area (Å²) in [4.78, 5) is 16.8. The fourth-order valence-electron chi connectivity index (χ4n) is 3.73. The first-order chi connectivity index (χ1) is 18.1. The Kier molecular flexibility index (Phi) is 7.86. The molecule has 8 heteroatoms. The van der Waals surface area contributed by atoms with Crippen molar-refractivity contribution in [2.45, 2.75) is 0 Å². The Morgan fingerprint density at radius 1 is 0.865 bits per heavy atom. The summed E-state index contributed by atoms with van der Waals surface area (Å²) < 4.78 is 21.9. The predicted molar refractivity (Wildman–Crippen MR) is 140 cm³/mol. The zero-order chi connectivity index (χ0) is 26.2. The molecular weight excluding hydrogens is 470 g/mol. The Balaban J connectivity index is 1.63. The minimum atomic E-state index is -0.299. The van der Waals surface area contributed by atoms with E-state index in [1.165, 1.54) is 14.2 Å².